The Morgan fingerprint density at radius 3 is 2.63 bits per heavy atom. The summed E-state index contributed by atoms with van der Waals surface area (Å²) >= 11 is 0. The number of hydrogen-bond donors (Lipinski definition) is 1. The minimum atomic E-state index is -4.84. The Kier molecular flexibility index (Phi) is 6.19. The minimum Gasteiger partial charge on any atom is -0.492 e. The zero-order valence-corrected chi connectivity index (χ0v) is 16.1. The van der Waals surface area contributed by atoms with E-state index in [1.807, 2.05) is 25.1 Å². The van der Waals surface area contributed by atoms with E-state index in [4.69, 9.17) is 9.47 Å². The molecule has 2 heterocycles. The number of hydrogen-bond acceptors (Lipinski definition) is 6. The first-order chi connectivity index (χ1) is 14.3. The highest BCUT2D eigenvalue weighted by Crippen LogP contribution is 2.33. The van der Waals surface area contributed by atoms with E-state index in [-0.39, 0.29) is 24.8 Å². The van der Waals surface area contributed by atoms with Crippen molar-refractivity contribution in [3.8, 4) is 17.4 Å². The van der Waals surface area contributed by atoms with Crippen LogP contribution in [0, 0.1) is 6.92 Å². The number of rotatable bonds is 7. The maximum atomic E-state index is 13.6. The molecule has 0 aliphatic heterocycles. The largest absolute Gasteiger partial charge is 0.492 e. The number of ether oxygens (including phenoxy) is 2. The van der Waals surface area contributed by atoms with Gasteiger partial charge in [0, 0.05) is 6.07 Å². The van der Waals surface area contributed by atoms with Gasteiger partial charge in [-0.3, -0.25) is 4.79 Å². The normalized spacial score (nSPS) is 11.2. The van der Waals surface area contributed by atoms with Gasteiger partial charge in [0.25, 0.3) is 5.91 Å². The number of aryl methyl sites for hydroxylation is 1. The summed E-state index contributed by atoms with van der Waals surface area (Å²) in [5, 5.41) is 13.4. The van der Waals surface area contributed by atoms with Crippen LogP contribution in [0.4, 0.5) is 13.2 Å². The molecule has 0 atom stereocenters. The van der Waals surface area contributed by atoms with Crippen LogP contribution in [0.3, 0.4) is 0 Å². The number of nitrogens with one attached hydrogen (secondary N) is 1. The molecule has 158 valence electrons. The van der Waals surface area contributed by atoms with Crippen LogP contribution in [-0.2, 0) is 6.18 Å². The van der Waals surface area contributed by atoms with Gasteiger partial charge in [-0.05, 0) is 30.7 Å². The van der Waals surface area contributed by atoms with Crippen molar-refractivity contribution < 1.29 is 27.4 Å². The molecular formula is C19H18F3N5O3. The summed E-state index contributed by atoms with van der Waals surface area (Å²) in [6, 6.07) is 9.87. The average Bonchev–Trinajstić information content (AvgIpc) is 3.17. The maximum absolute atomic E-state index is 13.6. The van der Waals surface area contributed by atoms with Gasteiger partial charge in [0.05, 0.1) is 25.4 Å². The molecule has 3 rings (SSSR count). The first-order valence-electron chi connectivity index (χ1n) is 8.80. The average molecular weight is 421 g/mol. The first kappa shape index (κ1) is 21.1. The molecule has 8 nitrogen and oxygen atoms in total. The van der Waals surface area contributed by atoms with Gasteiger partial charge in [0.15, 0.2) is 11.5 Å². The molecule has 1 aromatic carbocycles. The third kappa shape index (κ3) is 4.85. The van der Waals surface area contributed by atoms with Crippen molar-refractivity contribution in [3.05, 3.63) is 59.4 Å². The van der Waals surface area contributed by atoms with Gasteiger partial charge in [-0.15, -0.1) is 10.2 Å². The van der Waals surface area contributed by atoms with Crippen LogP contribution in [0.5, 0.6) is 11.6 Å². The van der Waals surface area contributed by atoms with Gasteiger partial charge in [0.2, 0.25) is 5.88 Å². The Morgan fingerprint density at radius 1 is 1.20 bits per heavy atom. The molecule has 0 fully saturated rings. The summed E-state index contributed by atoms with van der Waals surface area (Å²) < 4.78 is 51.8. The Labute approximate surface area is 169 Å². The second-order valence-electron chi connectivity index (χ2n) is 6.17. The molecule has 1 N–H and O–H groups in total. The topological polar surface area (TPSA) is 91.2 Å². The number of carbonyl (C=O) groups excluding carboxylic acids is 1. The molecule has 3 aromatic rings. The van der Waals surface area contributed by atoms with E-state index in [1.165, 1.54) is 19.2 Å². The second-order valence-corrected chi connectivity index (χ2v) is 6.17. The number of benzene rings is 1. The number of methoxy groups -OCH3 is 1. The molecule has 0 saturated carbocycles. The Hall–Kier alpha value is -3.63. The quantitative estimate of drug-likeness (QED) is 0.590. The lowest BCUT2D eigenvalue weighted by atomic mass is 10.2. The summed E-state index contributed by atoms with van der Waals surface area (Å²) in [6.07, 6.45) is -4.01. The zero-order chi connectivity index (χ0) is 21.7. The summed E-state index contributed by atoms with van der Waals surface area (Å²) in [4.78, 5) is 12.3. The van der Waals surface area contributed by atoms with Crippen LogP contribution < -0.4 is 14.8 Å². The van der Waals surface area contributed by atoms with Gasteiger partial charge in [-0.2, -0.15) is 18.3 Å². The van der Waals surface area contributed by atoms with Gasteiger partial charge in [-0.25, -0.2) is 4.68 Å². The van der Waals surface area contributed by atoms with E-state index in [9.17, 15) is 18.0 Å². The molecular weight excluding hydrogens is 403 g/mol. The summed E-state index contributed by atoms with van der Waals surface area (Å²) in [7, 11) is 1.35. The molecule has 0 unspecified atom stereocenters. The van der Waals surface area contributed by atoms with Crippen LogP contribution in [0.25, 0.3) is 5.82 Å². The fourth-order valence-electron chi connectivity index (χ4n) is 2.63. The Morgan fingerprint density at radius 2 is 2.00 bits per heavy atom. The fraction of sp³-hybridized carbons (Fsp3) is 0.263. The highest BCUT2D eigenvalue weighted by atomic mass is 19.4. The van der Waals surface area contributed by atoms with E-state index in [2.05, 4.69) is 20.6 Å². The molecule has 2 aromatic heterocycles. The van der Waals surface area contributed by atoms with E-state index < -0.39 is 23.3 Å². The number of amides is 1. The van der Waals surface area contributed by atoms with Crippen LogP contribution in [0.2, 0.25) is 0 Å². The maximum Gasteiger partial charge on any atom is 0.434 e. The molecule has 0 bridgehead atoms. The molecule has 1 amide bonds. The van der Waals surface area contributed by atoms with Crippen molar-refractivity contribution in [2.24, 2.45) is 0 Å². The third-order valence-electron chi connectivity index (χ3n) is 3.98. The highest BCUT2D eigenvalue weighted by Gasteiger charge is 2.41. The third-order valence-corrected chi connectivity index (χ3v) is 3.98. The predicted octanol–water partition coefficient (Wildman–Crippen LogP) is 2.81. The molecule has 11 heteroatoms. The van der Waals surface area contributed by atoms with Crippen molar-refractivity contribution >= 4 is 5.91 Å². The molecule has 0 radical (unpaired) electrons. The van der Waals surface area contributed by atoms with Crippen LogP contribution in [0.1, 0.15) is 21.6 Å². The highest BCUT2D eigenvalue weighted by molar-refractivity contribution is 5.95. The molecule has 0 saturated heterocycles. The SMILES string of the molecule is COc1ccc(-n2ncc(C(=O)NCCOc3cccc(C)c3)c2C(F)(F)F)nn1. The number of carbonyl (C=O) groups is 1. The van der Waals surface area contributed by atoms with Gasteiger partial charge < -0.3 is 14.8 Å². The molecule has 0 aliphatic carbocycles. The smallest absolute Gasteiger partial charge is 0.434 e. The van der Waals surface area contributed by atoms with E-state index in [0.717, 1.165) is 11.8 Å². The van der Waals surface area contributed by atoms with E-state index in [0.29, 0.717) is 10.4 Å². The first-order valence-corrected chi connectivity index (χ1v) is 8.80. The lowest BCUT2D eigenvalue weighted by Crippen LogP contribution is -2.30. The lowest BCUT2D eigenvalue weighted by Gasteiger charge is -2.12. The predicted molar refractivity (Wildman–Crippen MR) is 99.7 cm³/mol. The van der Waals surface area contributed by atoms with E-state index in [1.54, 1.807) is 6.07 Å². The number of halogens is 3. The summed E-state index contributed by atoms with van der Waals surface area (Å²) in [5.74, 6) is -0.398. The van der Waals surface area contributed by atoms with Crippen molar-refractivity contribution in [2.75, 3.05) is 20.3 Å². The number of nitrogens with zero attached hydrogens (tertiary/aromatic N) is 4. The van der Waals surface area contributed by atoms with Crippen LogP contribution in [-0.4, -0.2) is 46.1 Å². The molecule has 0 aliphatic rings. The monoisotopic (exact) mass is 421 g/mol. The van der Waals surface area contributed by atoms with Crippen molar-refractivity contribution in [1.29, 1.82) is 0 Å². The lowest BCUT2D eigenvalue weighted by molar-refractivity contribution is -0.143. The van der Waals surface area contributed by atoms with Crippen molar-refractivity contribution in [3.63, 3.8) is 0 Å². The zero-order valence-electron chi connectivity index (χ0n) is 16.1. The number of alkyl halides is 3. The molecule has 30 heavy (non-hydrogen) atoms. The number of aromatic nitrogens is 4. The Bertz CT molecular complexity index is 1020. The van der Waals surface area contributed by atoms with Crippen molar-refractivity contribution in [2.45, 2.75) is 13.1 Å². The minimum absolute atomic E-state index is 0.0115. The second kappa shape index (κ2) is 8.80. The van der Waals surface area contributed by atoms with E-state index >= 15 is 0 Å². The van der Waals surface area contributed by atoms with Crippen LogP contribution in [0.15, 0.2) is 42.6 Å². The van der Waals surface area contributed by atoms with Crippen LogP contribution >= 0.6 is 0 Å². The summed E-state index contributed by atoms with van der Waals surface area (Å²) in [6.45, 7) is 2.00. The Balaban J connectivity index is 1.72. The van der Waals surface area contributed by atoms with Crippen molar-refractivity contribution in [1.82, 2.24) is 25.3 Å². The summed E-state index contributed by atoms with van der Waals surface area (Å²) in [5.41, 5.74) is -0.879. The standard InChI is InChI=1S/C19H18F3N5O3/c1-12-4-3-5-13(10-12)30-9-8-23-18(28)14-11-24-27(17(14)19(20,21)22)15-6-7-16(29-2)26-25-15/h3-7,10-11H,8-9H2,1-2H3,(H,23,28). The van der Waals surface area contributed by atoms with Gasteiger partial charge >= 0.3 is 6.18 Å². The fourth-order valence-corrected chi connectivity index (χ4v) is 2.63. The molecule has 0 spiro atoms. The van der Waals surface area contributed by atoms with Gasteiger partial charge in [0.1, 0.15) is 12.4 Å². The van der Waals surface area contributed by atoms with Gasteiger partial charge in [-0.1, -0.05) is 12.1 Å².